The summed E-state index contributed by atoms with van der Waals surface area (Å²) in [6.07, 6.45) is 4.87. The second-order valence-corrected chi connectivity index (χ2v) is 8.08. The van der Waals surface area contributed by atoms with Crippen LogP contribution in [-0.4, -0.2) is 60.0 Å². The smallest absolute Gasteiger partial charge is 0.239 e. The molecule has 1 atom stereocenters. The molecule has 138 valence electrons. The highest BCUT2D eigenvalue weighted by atomic mass is 16.5. The van der Waals surface area contributed by atoms with Gasteiger partial charge in [-0.05, 0) is 57.3 Å². The van der Waals surface area contributed by atoms with Gasteiger partial charge in [-0.3, -0.25) is 9.69 Å². The number of piperidine rings is 1. The van der Waals surface area contributed by atoms with Gasteiger partial charge in [0.1, 0.15) is 5.60 Å². The molecule has 1 amide bonds. The van der Waals surface area contributed by atoms with Gasteiger partial charge in [-0.2, -0.15) is 0 Å². The van der Waals surface area contributed by atoms with Gasteiger partial charge in [0.15, 0.2) is 0 Å². The van der Waals surface area contributed by atoms with Crippen LogP contribution >= 0.6 is 0 Å². The number of likely N-dealkylation sites (N-methyl/N-ethyl adjacent to an activating group) is 1. The number of H-pyrrole nitrogens is 1. The number of nitrogens with zero attached hydrogens (tertiary/aromatic N) is 2. The summed E-state index contributed by atoms with van der Waals surface area (Å²) in [7, 11) is 2.07. The van der Waals surface area contributed by atoms with Crippen LogP contribution in [0.2, 0.25) is 0 Å². The number of rotatable bonds is 1. The lowest BCUT2D eigenvalue weighted by atomic mass is 9.83. The molecule has 26 heavy (non-hydrogen) atoms. The van der Waals surface area contributed by atoms with Gasteiger partial charge in [0.25, 0.3) is 0 Å². The summed E-state index contributed by atoms with van der Waals surface area (Å²) < 4.78 is 6.36. The molecule has 5 heteroatoms. The molecule has 1 aromatic carbocycles. The van der Waals surface area contributed by atoms with E-state index in [1.54, 1.807) is 0 Å². The number of amides is 1. The van der Waals surface area contributed by atoms with E-state index < -0.39 is 0 Å². The van der Waals surface area contributed by atoms with E-state index in [0.717, 1.165) is 58.3 Å². The minimum absolute atomic E-state index is 0.0833. The van der Waals surface area contributed by atoms with Crippen molar-refractivity contribution in [3.05, 3.63) is 35.5 Å². The standard InChI is InChI=1S/C21H27N3O2/c1-23-11-4-7-18(23)20(25)24-12-9-21(10-13-24)19-16(8-14-26-21)15-5-2-3-6-17(15)22-19/h2-3,5-6,18,22H,4,7-14H2,1H3/t18-/m0/s1. The third kappa shape index (κ3) is 2.41. The van der Waals surface area contributed by atoms with Gasteiger partial charge in [0, 0.05) is 24.0 Å². The highest BCUT2D eigenvalue weighted by Gasteiger charge is 2.44. The predicted molar refractivity (Wildman–Crippen MR) is 101 cm³/mol. The highest BCUT2D eigenvalue weighted by Crippen LogP contribution is 2.43. The van der Waals surface area contributed by atoms with E-state index in [9.17, 15) is 4.79 Å². The van der Waals surface area contributed by atoms with Crippen LogP contribution in [0.15, 0.2) is 24.3 Å². The molecule has 1 N–H and O–H groups in total. The van der Waals surface area contributed by atoms with Crippen LogP contribution in [0.4, 0.5) is 0 Å². The number of carbonyl (C=O) groups is 1. The van der Waals surface area contributed by atoms with Crippen LogP contribution in [0.1, 0.15) is 36.9 Å². The quantitative estimate of drug-likeness (QED) is 0.857. The molecule has 0 unspecified atom stereocenters. The summed E-state index contributed by atoms with van der Waals surface area (Å²) in [5, 5.41) is 1.33. The Labute approximate surface area is 154 Å². The molecule has 5 nitrogen and oxygen atoms in total. The predicted octanol–water partition coefficient (Wildman–Crippen LogP) is 2.65. The fraction of sp³-hybridized carbons (Fsp3) is 0.571. The highest BCUT2D eigenvalue weighted by molar-refractivity contribution is 5.85. The molecule has 0 radical (unpaired) electrons. The number of benzene rings is 1. The first kappa shape index (κ1) is 16.3. The van der Waals surface area contributed by atoms with Crippen molar-refractivity contribution in [2.24, 2.45) is 0 Å². The topological polar surface area (TPSA) is 48.6 Å². The zero-order chi connectivity index (χ0) is 17.7. The Morgan fingerprint density at radius 3 is 2.81 bits per heavy atom. The van der Waals surface area contributed by atoms with E-state index in [4.69, 9.17) is 4.74 Å². The molecule has 2 fully saturated rings. The zero-order valence-electron chi connectivity index (χ0n) is 15.5. The zero-order valence-corrected chi connectivity index (χ0v) is 15.5. The number of likely N-dealkylation sites (tertiary alicyclic amines) is 2. The number of ether oxygens (including phenoxy) is 1. The molecule has 2 aromatic rings. The second kappa shape index (κ2) is 6.10. The monoisotopic (exact) mass is 353 g/mol. The van der Waals surface area contributed by atoms with Gasteiger partial charge >= 0.3 is 0 Å². The molecule has 0 aliphatic carbocycles. The Bertz CT molecular complexity index is 835. The normalized spacial score (nSPS) is 25.7. The van der Waals surface area contributed by atoms with E-state index in [0.29, 0.717) is 5.91 Å². The van der Waals surface area contributed by atoms with E-state index in [1.807, 2.05) is 0 Å². The van der Waals surface area contributed by atoms with Gasteiger partial charge in [-0.15, -0.1) is 0 Å². The summed E-state index contributed by atoms with van der Waals surface area (Å²) in [5.41, 5.74) is 3.64. The van der Waals surface area contributed by atoms with Crippen molar-refractivity contribution < 1.29 is 9.53 Å². The number of hydrogen-bond acceptors (Lipinski definition) is 3. The van der Waals surface area contributed by atoms with Crippen molar-refractivity contribution in [2.45, 2.75) is 43.7 Å². The van der Waals surface area contributed by atoms with E-state index in [1.165, 1.54) is 22.2 Å². The molecule has 4 heterocycles. The van der Waals surface area contributed by atoms with Crippen LogP contribution in [0, 0.1) is 0 Å². The summed E-state index contributed by atoms with van der Waals surface area (Å²) in [6.45, 7) is 3.39. The molecule has 0 bridgehead atoms. The van der Waals surface area contributed by atoms with Crippen LogP contribution in [0.25, 0.3) is 10.9 Å². The van der Waals surface area contributed by atoms with Gasteiger partial charge in [-0.25, -0.2) is 0 Å². The van der Waals surface area contributed by atoms with E-state index in [-0.39, 0.29) is 11.6 Å². The lowest BCUT2D eigenvalue weighted by molar-refractivity contribution is -0.145. The first-order chi connectivity index (χ1) is 12.7. The lowest BCUT2D eigenvalue weighted by Gasteiger charge is -2.44. The first-order valence-corrected chi connectivity index (χ1v) is 9.91. The molecule has 5 rings (SSSR count). The Balaban J connectivity index is 1.39. The molecule has 3 aliphatic rings. The number of hydrogen-bond donors (Lipinski definition) is 1. The summed E-state index contributed by atoms with van der Waals surface area (Å²) >= 11 is 0. The van der Waals surface area contributed by atoms with Crippen LogP contribution in [-0.2, 0) is 21.6 Å². The van der Waals surface area contributed by atoms with Crippen molar-refractivity contribution >= 4 is 16.8 Å². The van der Waals surface area contributed by atoms with Crippen molar-refractivity contribution in [1.29, 1.82) is 0 Å². The van der Waals surface area contributed by atoms with Crippen molar-refractivity contribution in [3.63, 3.8) is 0 Å². The number of nitrogens with one attached hydrogen (secondary N) is 1. The average molecular weight is 353 g/mol. The summed E-state index contributed by atoms with van der Waals surface area (Å²) in [4.78, 5) is 20.8. The Morgan fingerprint density at radius 1 is 1.23 bits per heavy atom. The minimum atomic E-state index is -0.245. The maximum Gasteiger partial charge on any atom is 0.239 e. The summed E-state index contributed by atoms with van der Waals surface area (Å²) in [5.74, 6) is 0.313. The fourth-order valence-electron chi connectivity index (χ4n) is 5.18. The second-order valence-electron chi connectivity index (χ2n) is 8.08. The van der Waals surface area contributed by atoms with E-state index >= 15 is 0 Å². The van der Waals surface area contributed by atoms with Gasteiger partial charge in [-0.1, -0.05) is 18.2 Å². The van der Waals surface area contributed by atoms with Crippen molar-refractivity contribution in [1.82, 2.24) is 14.8 Å². The van der Waals surface area contributed by atoms with E-state index in [2.05, 4.69) is 46.1 Å². The molecular formula is C21H27N3O2. The first-order valence-electron chi connectivity index (χ1n) is 9.91. The van der Waals surface area contributed by atoms with Gasteiger partial charge in [0.05, 0.1) is 18.3 Å². The third-order valence-electron chi connectivity index (χ3n) is 6.69. The lowest BCUT2D eigenvalue weighted by Crippen LogP contribution is -2.52. The van der Waals surface area contributed by atoms with Crippen LogP contribution in [0.5, 0.6) is 0 Å². The molecule has 2 saturated heterocycles. The fourth-order valence-corrected chi connectivity index (χ4v) is 5.18. The number of carbonyl (C=O) groups excluding carboxylic acids is 1. The van der Waals surface area contributed by atoms with Gasteiger partial charge < -0.3 is 14.6 Å². The maximum atomic E-state index is 12.9. The van der Waals surface area contributed by atoms with Crippen LogP contribution in [0.3, 0.4) is 0 Å². The maximum absolute atomic E-state index is 12.9. The largest absolute Gasteiger partial charge is 0.368 e. The SMILES string of the molecule is CN1CCC[C@H]1C(=O)N1CCC2(CC1)OCCc1c2[nH]c2ccccc12. The molecule has 0 saturated carbocycles. The average Bonchev–Trinajstić information content (AvgIpc) is 3.27. The molecule has 1 aromatic heterocycles. The van der Waals surface area contributed by atoms with Crippen molar-refractivity contribution in [2.75, 3.05) is 33.3 Å². The summed E-state index contributed by atoms with van der Waals surface area (Å²) in [6, 6.07) is 8.63. The Kier molecular flexibility index (Phi) is 3.83. The molecule has 3 aliphatic heterocycles. The number of para-hydroxylation sites is 1. The van der Waals surface area contributed by atoms with Crippen molar-refractivity contribution in [3.8, 4) is 0 Å². The number of aromatic nitrogens is 1. The minimum Gasteiger partial charge on any atom is -0.368 e. The number of aromatic amines is 1. The Morgan fingerprint density at radius 2 is 2.04 bits per heavy atom. The third-order valence-corrected chi connectivity index (χ3v) is 6.69. The number of fused-ring (bicyclic) bond motifs is 4. The molecular weight excluding hydrogens is 326 g/mol. The molecule has 1 spiro atoms. The Hall–Kier alpha value is -1.85. The van der Waals surface area contributed by atoms with Crippen LogP contribution < -0.4 is 0 Å². The van der Waals surface area contributed by atoms with Gasteiger partial charge in [0.2, 0.25) is 5.91 Å².